The number of fused-ring (bicyclic) bond motifs is 1. The Morgan fingerprint density at radius 3 is 2.77 bits per heavy atom. The first-order valence-corrected chi connectivity index (χ1v) is 8.29. The van der Waals surface area contributed by atoms with Gasteiger partial charge in [0.25, 0.3) is 0 Å². The van der Waals surface area contributed by atoms with Gasteiger partial charge >= 0.3 is 5.97 Å². The van der Waals surface area contributed by atoms with Gasteiger partial charge in [-0.05, 0) is 24.3 Å². The molecule has 0 unspecified atom stereocenters. The molecule has 0 aliphatic carbocycles. The maximum Gasteiger partial charge on any atom is 0.342 e. The van der Waals surface area contributed by atoms with Crippen LogP contribution in [0.4, 0.5) is 0 Å². The lowest BCUT2D eigenvalue weighted by Gasteiger charge is -2.15. The maximum absolute atomic E-state index is 12.5. The van der Waals surface area contributed by atoms with E-state index in [9.17, 15) is 4.79 Å². The molecule has 7 nitrogen and oxygen atoms in total. The highest BCUT2D eigenvalue weighted by molar-refractivity contribution is 5.92. The molecule has 26 heavy (non-hydrogen) atoms. The number of ether oxygens (including phenoxy) is 3. The van der Waals surface area contributed by atoms with Crippen molar-refractivity contribution in [2.45, 2.75) is 19.8 Å². The Bertz CT molecular complexity index is 908. The van der Waals surface area contributed by atoms with Crippen molar-refractivity contribution in [2.75, 3.05) is 6.61 Å². The summed E-state index contributed by atoms with van der Waals surface area (Å²) in [5.41, 5.74) is 0.359. The van der Waals surface area contributed by atoms with E-state index in [2.05, 4.69) is 10.2 Å². The van der Waals surface area contributed by atoms with Crippen LogP contribution in [0.25, 0.3) is 0 Å². The van der Waals surface area contributed by atoms with E-state index >= 15 is 0 Å². The third-order valence-corrected chi connectivity index (χ3v) is 4.00. The molecule has 2 aromatic carbocycles. The highest BCUT2D eigenvalue weighted by Crippen LogP contribution is 2.25. The van der Waals surface area contributed by atoms with Gasteiger partial charge in [0.1, 0.15) is 23.7 Å². The number of aromatic nitrogens is 3. The summed E-state index contributed by atoms with van der Waals surface area (Å²) >= 11 is 0. The minimum atomic E-state index is -0.471. The molecule has 1 aliphatic rings. The van der Waals surface area contributed by atoms with Crippen molar-refractivity contribution in [1.29, 1.82) is 0 Å². The highest BCUT2D eigenvalue weighted by atomic mass is 16.5. The number of rotatable bonds is 5. The van der Waals surface area contributed by atoms with Crippen LogP contribution in [0, 0.1) is 0 Å². The van der Waals surface area contributed by atoms with Gasteiger partial charge in [-0.3, -0.25) is 0 Å². The van der Waals surface area contributed by atoms with Crippen molar-refractivity contribution in [3.63, 3.8) is 0 Å². The zero-order valence-corrected chi connectivity index (χ0v) is 14.0. The fourth-order valence-electron chi connectivity index (χ4n) is 2.71. The Balaban J connectivity index is 1.47. The molecule has 0 bridgehead atoms. The Labute approximate surface area is 150 Å². The van der Waals surface area contributed by atoms with E-state index in [0.717, 1.165) is 5.82 Å². The minimum Gasteiger partial charge on any atom is -0.456 e. The van der Waals surface area contributed by atoms with Crippen molar-refractivity contribution >= 4 is 5.97 Å². The van der Waals surface area contributed by atoms with Crippen LogP contribution in [0.2, 0.25) is 0 Å². The number of para-hydroxylation sites is 2. The third kappa shape index (κ3) is 3.43. The van der Waals surface area contributed by atoms with Gasteiger partial charge in [-0.1, -0.05) is 30.3 Å². The smallest absolute Gasteiger partial charge is 0.342 e. The van der Waals surface area contributed by atoms with Crippen LogP contribution < -0.4 is 4.74 Å². The normalized spacial score (nSPS) is 13.1. The van der Waals surface area contributed by atoms with Crippen LogP contribution in [0.5, 0.6) is 11.5 Å². The molecule has 2 heterocycles. The van der Waals surface area contributed by atoms with E-state index in [4.69, 9.17) is 14.2 Å². The number of hydrogen-bond acceptors (Lipinski definition) is 6. The monoisotopic (exact) mass is 351 g/mol. The lowest BCUT2D eigenvalue weighted by Crippen LogP contribution is -2.19. The van der Waals surface area contributed by atoms with Gasteiger partial charge in [0.2, 0.25) is 0 Å². The summed E-state index contributed by atoms with van der Waals surface area (Å²) in [6, 6.07) is 16.3. The molecule has 0 radical (unpaired) electrons. The first kappa shape index (κ1) is 16.3. The lowest BCUT2D eigenvalue weighted by molar-refractivity contribution is 0.0439. The molecular weight excluding hydrogens is 334 g/mol. The van der Waals surface area contributed by atoms with Crippen LogP contribution in [0.1, 0.15) is 22.0 Å². The van der Waals surface area contributed by atoms with Gasteiger partial charge in [0, 0.05) is 6.54 Å². The summed E-state index contributed by atoms with van der Waals surface area (Å²) in [4.78, 5) is 12.5. The average molecular weight is 351 g/mol. The van der Waals surface area contributed by atoms with Crippen molar-refractivity contribution in [2.24, 2.45) is 0 Å². The molecule has 0 spiro atoms. The number of hydrogen-bond donors (Lipinski definition) is 0. The van der Waals surface area contributed by atoms with Crippen molar-refractivity contribution in [3.05, 3.63) is 71.8 Å². The Morgan fingerprint density at radius 1 is 1.08 bits per heavy atom. The van der Waals surface area contributed by atoms with Gasteiger partial charge in [0.15, 0.2) is 18.3 Å². The summed E-state index contributed by atoms with van der Waals surface area (Å²) in [6.07, 6.45) is 0. The molecule has 0 saturated heterocycles. The topological polar surface area (TPSA) is 75.5 Å². The van der Waals surface area contributed by atoms with Crippen molar-refractivity contribution in [1.82, 2.24) is 14.8 Å². The number of esters is 1. The fourth-order valence-corrected chi connectivity index (χ4v) is 2.71. The molecule has 0 N–H and O–H groups in total. The summed E-state index contributed by atoms with van der Waals surface area (Å²) in [6.45, 7) is 1.73. The summed E-state index contributed by atoms with van der Waals surface area (Å²) in [5, 5.41) is 8.13. The first-order chi connectivity index (χ1) is 12.8. The SMILES string of the molecule is O=C(OCc1nnc2n1CCOC2)c1ccccc1Oc1ccccc1. The van der Waals surface area contributed by atoms with Gasteiger partial charge in [-0.15, -0.1) is 10.2 Å². The van der Waals surface area contributed by atoms with Gasteiger partial charge in [-0.2, -0.15) is 0 Å². The molecule has 0 saturated carbocycles. The average Bonchev–Trinajstić information content (AvgIpc) is 3.10. The number of benzene rings is 2. The molecule has 7 heteroatoms. The van der Waals surface area contributed by atoms with E-state index < -0.39 is 5.97 Å². The van der Waals surface area contributed by atoms with Crippen LogP contribution in [0.15, 0.2) is 54.6 Å². The maximum atomic E-state index is 12.5. The summed E-state index contributed by atoms with van der Waals surface area (Å²) < 4.78 is 18.5. The predicted molar refractivity (Wildman–Crippen MR) is 91.8 cm³/mol. The number of carbonyl (C=O) groups is 1. The van der Waals surface area contributed by atoms with Crippen LogP contribution >= 0.6 is 0 Å². The molecule has 4 rings (SSSR count). The Kier molecular flexibility index (Phi) is 4.61. The van der Waals surface area contributed by atoms with Crippen molar-refractivity contribution < 1.29 is 19.0 Å². The quantitative estimate of drug-likeness (QED) is 0.658. The van der Waals surface area contributed by atoms with E-state index in [1.807, 2.05) is 41.0 Å². The largest absolute Gasteiger partial charge is 0.456 e. The number of carbonyl (C=O) groups excluding carboxylic acids is 1. The lowest BCUT2D eigenvalue weighted by atomic mass is 10.2. The molecule has 1 aliphatic heterocycles. The van der Waals surface area contributed by atoms with E-state index in [1.54, 1.807) is 18.2 Å². The van der Waals surface area contributed by atoms with E-state index in [0.29, 0.717) is 42.6 Å². The molecule has 132 valence electrons. The highest BCUT2D eigenvalue weighted by Gasteiger charge is 2.19. The van der Waals surface area contributed by atoms with Crippen LogP contribution in [-0.4, -0.2) is 27.3 Å². The zero-order valence-electron chi connectivity index (χ0n) is 14.0. The zero-order chi connectivity index (χ0) is 17.8. The second-order valence-electron chi connectivity index (χ2n) is 5.72. The third-order valence-electron chi connectivity index (χ3n) is 4.00. The molecule has 1 aromatic heterocycles. The second kappa shape index (κ2) is 7.37. The second-order valence-corrected chi connectivity index (χ2v) is 5.72. The van der Waals surface area contributed by atoms with Gasteiger partial charge in [-0.25, -0.2) is 4.79 Å². The van der Waals surface area contributed by atoms with Gasteiger partial charge in [0.05, 0.1) is 6.61 Å². The van der Waals surface area contributed by atoms with Crippen molar-refractivity contribution in [3.8, 4) is 11.5 Å². The molecule has 3 aromatic rings. The Morgan fingerprint density at radius 2 is 1.88 bits per heavy atom. The van der Waals surface area contributed by atoms with E-state index in [1.165, 1.54) is 0 Å². The standard InChI is InChI=1S/C19H17N3O4/c23-19(25-13-18-21-20-17-12-24-11-10-22(17)18)15-8-4-5-9-16(15)26-14-6-2-1-3-7-14/h1-9H,10-13H2. The molecule has 0 amide bonds. The van der Waals surface area contributed by atoms with E-state index in [-0.39, 0.29) is 6.61 Å². The number of nitrogens with zero attached hydrogens (tertiary/aromatic N) is 3. The van der Waals surface area contributed by atoms with Gasteiger partial charge < -0.3 is 18.8 Å². The molecule has 0 fully saturated rings. The fraction of sp³-hybridized carbons (Fsp3) is 0.211. The molecule has 0 atom stereocenters. The van der Waals surface area contributed by atoms with Crippen LogP contribution in [-0.2, 0) is 29.2 Å². The Hall–Kier alpha value is -3.19. The predicted octanol–water partition coefficient (Wildman–Crippen LogP) is 2.96. The minimum absolute atomic E-state index is 0.0471. The summed E-state index contributed by atoms with van der Waals surface area (Å²) in [5.74, 6) is 1.98. The summed E-state index contributed by atoms with van der Waals surface area (Å²) in [7, 11) is 0. The molecular formula is C19H17N3O4. The first-order valence-electron chi connectivity index (χ1n) is 8.29. The van der Waals surface area contributed by atoms with Crippen LogP contribution in [0.3, 0.4) is 0 Å².